The number of hydrogen-bond acceptors (Lipinski definition) is 9. The molecule has 2 aromatic heterocycles. The van der Waals surface area contributed by atoms with Crippen molar-refractivity contribution in [2.24, 2.45) is 5.11 Å². The van der Waals surface area contributed by atoms with Gasteiger partial charge < -0.3 is 25.4 Å². The number of anilines is 1. The summed E-state index contributed by atoms with van der Waals surface area (Å²) >= 11 is 0. The maximum absolute atomic E-state index is 10.5. The van der Waals surface area contributed by atoms with E-state index < -0.39 is 30.6 Å². The number of fused-ring (bicyclic) bond motifs is 1. The van der Waals surface area contributed by atoms with Gasteiger partial charge in [0.1, 0.15) is 30.2 Å². The average molecular weight is 412 g/mol. The first-order valence-electron chi connectivity index (χ1n) is 9.21. The highest BCUT2D eigenvalue weighted by Gasteiger charge is 2.44. The first kappa shape index (κ1) is 20.0. The predicted octanol–water partition coefficient (Wildman–Crippen LogP) is 1.10. The van der Waals surface area contributed by atoms with Gasteiger partial charge in [0.2, 0.25) is 0 Å². The van der Waals surface area contributed by atoms with Crippen LogP contribution in [0.4, 0.5) is 5.82 Å². The third kappa shape index (κ3) is 3.77. The summed E-state index contributed by atoms with van der Waals surface area (Å²) in [6.45, 7) is 0.0853. The molecular weight excluding hydrogens is 392 g/mol. The molecule has 0 saturated carbocycles. The van der Waals surface area contributed by atoms with Crippen molar-refractivity contribution < 1.29 is 19.7 Å². The van der Waals surface area contributed by atoms with E-state index in [4.69, 9.17) is 20.7 Å². The van der Waals surface area contributed by atoms with Crippen molar-refractivity contribution in [3.8, 4) is 0 Å². The molecule has 0 spiro atoms. The molecule has 1 aliphatic rings. The fourth-order valence-corrected chi connectivity index (χ4v) is 3.38. The lowest BCUT2D eigenvalue weighted by Gasteiger charge is -2.17. The fourth-order valence-electron chi connectivity index (χ4n) is 3.38. The number of aromatic nitrogens is 4. The Morgan fingerprint density at radius 2 is 2.03 bits per heavy atom. The first-order chi connectivity index (χ1) is 14.6. The molecule has 1 aromatic carbocycles. The number of nitrogen functional groups attached to an aromatic ring is 1. The van der Waals surface area contributed by atoms with Crippen molar-refractivity contribution in [3.05, 3.63) is 59.0 Å². The average Bonchev–Trinajstić information content (AvgIpc) is 3.31. The maximum Gasteiger partial charge on any atom is 0.167 e. The van der Waals surface area contributed by atoms with E-state index in [9.17, 15) is 10.2 Å². The van der Waals surface area contributed by atoms with Crippen LogP contribution in [0.25, 0.3) is 21.6 Å². The molecule has 5 atom stereocenters. The zero-order chi connectivity index (χ0) is 21.1. The summed E-state index contributed by atoms with van der Waals surface area (Å²) in [5.41, 5.74) is 16.2. The van der Waals surface area contributed by atoms with Crippen LogP contribution in [0.5, 0.6) is 0 Å². The summed E-state index contributed by atoms with van der Waals surface area (Å²) in [6, 6.07) is 8.69. The van der Waals surface area contributed by atoms with Crippen LogP contribution in [0.15, 0.2) is 48.1 Å². The quantitative estimate of drug-likeness (QED) is 0.293. The molecule has 1 unspecified atom stereocenters. The van der Waals surface area contributed by atoms with E-state index in [1.807, 2.05) is 30.3 Å². The first-order valence-corrected chi connectivity index (χ1v) is 9.21. The number of aliphatic hydroxyl groups excluding tert-OH is 2. The molecular formula is C18H20N8O4. The Kier molecular flexibility index (Phi) is 5.74. The van der Waals surface area contributed by atoms with Gasteiger partial charge in [0.05, 0.1) is 25.6 Å². The molecule has 4 rings (SSSR count). The minimum Gasteiger partial charge on any atom is -0.387 e. The number of benzene rings is 1. The maximum atomic E-state index is 10.5. The van der Waals surface area contributed by atoms with Crippen molar-refractivity contribution >= 4 is 17.0 Å². The molecule has 1 saturated heterocycles. The summed E-state index contributed by atoms with van der Waals surface area (Å²) in [5, 5.41) is 24.6. The van der Waals surface area contributed by atoms with Crippen LogP contribution in [-0.2, 0) is 9.47 Å². The molecule has 3 aromatic rings. The lowest BCUT2D eigenvalue weighted by molar-refractivity contribution is -0.0668. The Labute approximate surface area is 170 Å². The Morgan fingerprint density at radius 3 is 2.80 bits per heavy atom. The number of ether oxygens (including phenoxy) is 2. The molecule has 12 nitrogen and oxygen atoms in total. The van der Waals surface area contributed by atoms with E-state index in [2.05, 4.69) is 25.0 Å². The number of imidazole rings is 1. The van der Waals surface area contributed by atoms with E-state index in [0.717, 1.165) is 5.56 Å². The van der Waals surface area contributed by atoms with Gasteiger partial charge >= 0.3 is 0 Å². The van der Waals surface area contributed by atoms with Gasteiger partial charge in [0, 0.05) is 4.91 Å². The molecule has 4 N–H and O–H groups in total. The third-order valence-corrected chi connectivity index (χ3v) is 4.93. The van der Waals surface area contributed by atoms with E-state index >= 15 is 0 Å². The number of azide groups is 1. The SMILES string of the molecule is [N-]=[N+]=NC(COC[C@H]1O[C@@H](n2cnc3c(N)ncnc32)[C@H](O)[C@@H]1O)c1ccccc1. The normalized spacial score (nSPS) is 24.6. The van der Waals surface area contributed by atoms with Crippen molar-refractivity contribution in [1.82, 2.24) is 19.5 Å². The second-order valence-corrected chi connectivity index (χ2v) is 6.80. The smallest absolute Gasteiger partial charge is 0.167 e. The van der Waals surface area contributed by atoms with Crippen LogP contribution in [-0.4, -0.2) is 61.3 Å². The minimum absolute atomic E-state index is 0.0111. The van der Waals surface area contributed by atoms with Gasteiger partial charge in [-0.25, -0.2) is 15.0 Å². The van der Waals surface area contributed by atoms with Crippen LogP contribution in [0.3, 0.4) is 0 Å². The number of hydrogen-bond donors (Lipinski definition) is 3. The lowest BCUT2D eigenvalue weighted by atomic mass is 10.1. The largest absolute Gasteiger partial charge is 0.387 e. The van der Waals surface area contributed by atoms with E-state index in [1.165, 1.54) is 17.2 Å². The fraction of sp³-hybridized carbons (Fsp3) is 0.389. The highest BCUT2D eigenvalue weighted by atomic mass is 16.6. The Bertz CT molecular complexity index is 1050. The Morgan fingerprint density at radius 1 is 1.23 bits per heavy atom. The molecule has 0 bridgehead atoms. The van der Waals surface area contributed by atoms with Crippen molar-refractivity contribution in [2.75, 3.05) is 18.9 Å². The summed E-state index contributed by atoms with van der Waals surface area (Å²) in [6.07, 6.45) is -1.44. The van der Waals surface area contributed by atoms with Crippen LogP contribution < -0.4 is 5.73 Å². The van der Waals surface area contributed by atoms with Gasteiger partial charge in [-0.1, -0.05) is 35.4 Å². The summed E-state index contributed by atoms with van der Waals surface area (Å²) in [4.78, 5) is 15.0. The molecule has 3 heterocycles. The summed E-state index contributed by atoms with van der Waals surface area (Å²) < 4.78 is 13.0. The van der Waals surface area contributed by atoms with Crippen LogP contribution in [0.1, 0.15) is 17.8 Å². The van der Waals surface area contributed by atoms with Gasteiger partial charge in [-0.3, -0.25) is 4.57 Å². The second-order valence-electron chi connectivity index (χ2n) is 6.80. The van der Waals surface area contributed by atoms with Gasteiger partial charge in [0.25, 0.3) is 0 Å². The lowest BCUT2D eigenvalue weighted by Crippen LogP contribution is -2.34. The molecule has 1 fully saturated rings. The summed E-state index contributed by atoms with van der Waals surface area (Å²) in [5.74, 6) is 0.205. The Balaban J connectivity index is 1.43. The van der Waals surface area contributed by atoms with E-state index in [1.54, 1.807) is 0 Å². The highest BCUT2D eigenvalue weighted by Crippen LogP contribution is 2.32. The minimum atomic E-state index is -1.23. The monoisotopic (exact) mass is 412 g/mol. The zero-order valence-corrected chi connectivity index (χ0v) is 15.8. The van der Waals surface area contributed by atoms with Gasteiger partial charge in [-0.15, -0.1) is 0 Å². The van der Waals surface area contributed by atoms with Crippen molar-refractivity contribution in [3.63, 3.8) is 0 Å². The second kappa shape index (κ2) is 8.61. The van der Waals surface area contributed by atoms with Crippen LogP contribution in [0.2, 0.25) is 0 Å². The van der Waals surface area contributed by atoms with E-state index in [0.29, 0.717) is 11.2 Å². The molecule has 30 heavy (non-hydrogen) atoms. The Hall–Kier alpha value is -3.28. The molecule has 1 aliphatic heterocycles. The van der Waals surface area contributed by atoms with Crippen molar-refractivity contribution in [1.29, 1.82) is 0 Å². The molecule has 12 heteroatoms. The van der Waals surface area contributed by atoms with Crippen LogP contribution >= 0.6 is 0 Å². The van der Waals surface area contributed by atoms with Crippen molar-refractivity contribution in [2.45, 2.75) is 30.6 Å². The summed E-state index contributed by atoms with van der Waals surface area (Å²) in [7, 11) is 0. The van der Waals surface area contributed by atoms with Gasteiger partial charge in [-0.2, -0.15) is 0 Å². The number of nitrogens with zero attached hydrogens (tertiary/aromatic N) is 7. The van der Waals surface area contributed by atoms with Gasteiger partial charge in [0.15, 0.2) is 17.7 Å². The third-order valence-electron chi connectivity index (χ3n) is 4.93. The molecule has 0 aliphatic carbocycles. The standard InChI is InChI=1S/C18H20N8O4/c19-16-13-17(22-8-21-16)26(9-23-13)18-15(28)14(27)12(30-18)7-29-6-11(24-25-20)10-4-2-1-3-5-10/h1-5,8-9,11-12,14-15,18,27-28H,6-7H2,(H2,19,21,22)/t11?,12-,14-,15-,18-/m1/s1. The molecule has 0 amide bonds. The predicted molar refractivity (Wildman–Crippen MR) is 105 cm³/mol. The molecule has 156 valence electrons. The highest BCUT2D eigenvalue weighted by molar-refractivity contribution is 5.81. The zero-order valence-electron chi connectivity index (χ0n) is 15.8. The number of rotatable bonds is 7. The van der Waals surface area contributed by atoms with Gasteiger partial charge in [-0.05, 0) is 11.1 Å². The number of aliphatic hydroxyl groups is 2. The van der Waals surface area contributed by atoms with Crippen LogP contribution in [0, 0.1) is 0 Å². The number of nitrogens with two attached hydrogens (primary N) is 1. The molecule has 0 radical (unpaired) electrons. The van der Waals surface area contributed by atoms with E-state index in [-0.39, 0.29) is 19.0 Å². The topological polar surface area (TPSA) is 177 Å².